The number of H-pyrrole nitrogens is 1. The molecule has 0 fully saturated rings. The second-order valence-electron chi connectivity index (χ2n) is 4.58. The minimum atomic E-state index is -0.629. The predicted molar refractivity (Wildman–Crippen MR) is 78.3 cm³/mol. The number of hydrogen-bond donors (Lipinski definition) is 1. The molecular formula is C15H11N3O4. The van der Waals surface area contributed by atoms with Crippen LogP contribution >= 0.6 is 0 Å². The standard InChI is InChI=1S/C15H11N3O4/c19-15(14-11-6-2-3-7-12(11)16-17-14)22-9-10-5-1-4-8-13(10)18(20)21/h1-8H,9H2,(H,16,17). The number of aromatic nitrogens is 2. The molecular weight excluding hydrogens is 286 g/mol. The number of esters is 1. The van der Waals surface area contributed by atoms with Gasteiger partial charge in [-0.3, -0.25) is 15.2 Å². The molecule has 0 bridgehead atoms. The Morgan fingerprint density at radius 3 is 2.73 bits per heavy atom. The zero-order chi connectivity index (χ0) is 15.5. The van der Waals surface area contributed by atoms with E-state index in [-0.39, 0.29) is 18.0 Å². The molecule has 110 valence electrons. The van der Waals surface area contributed by atoms with Gasteiger partial charge in [0, 0.05) is 11.5 Å². The maximum Gasteiger partial charge on any atom is 0.359 e. The molecule has 1 heterocycles. The minimum absolute atomic E-state index is 0.0813. The van der Waals surface area contributed by atoms with Crippen LogP contribution < -0.4 is 0 Å². The Balaban J connectivity index is 1.80. The summed E-state index contributed by atoms with van der Waals surface area (Å²) in [6.45, 7) is -0.183. The topological polar surface area (TPSA) is 98.1 Å². The van der Waals surface area contributed by atoms with E-state index < -0.39 is 10.9 Å². The van der Waals surface area contributed by atoms with Crippen LogP contribution in [0.25, 0.3) is 10.9 Å². The van der Waals surface area contributed by atoms with Gasteiger partial charge in [-0.2, -0.15) is 5.10 Å². The third-order valence-corrected chi connectivity index (χ3v) is 3.21. The lowest BCUT2D eigenvalue weighted by Gasteiger charge is -2.04. The number of rotatable bonds is 4. The van der Waals surface area contributed by atoms with Crippen LogP contribution in [0.5, 0.6) is 0 Å². The van der Waals surface area contributed by atoms with E-state index in [9.17, 15) is 14.9 Å². The summed E-state index contributed by atoms with van der Waals surface area (Å²) >= 11 is 0. The Bertz CT molecular complexity index is 857. The quantitative estimate of drug-likeness (QED) is 0.453. The third-order valence-electron chi connectivity index (χ3n) is 3.21. The third kappa shape index (κ3) is 2.51. The summed E-state index contributed by atoms with van der Waals surface area (Å²) in [6.07, 6.45) is 0. The van der Waals surface area contributed by atoms with Crippen molar-refractivity contribution in [3.8, 4) is 0 Å². The summed E-state index contributed by atoms with van der Waals surface area (Å²) in [7, 11) is 0. The average molecular weight is 297 g/mol. The summed E-state index contributed by atoms with van der Waals surface area (Å²) in [5.74, 6) is -0.629. The molecule has 0 unspecified atom stereocenters. The van der Waals surface area contributed by atoms with Gasteiger partial charge < -0.3 is 4.74 Å². The van der Waals surface area contributed by atoms with E-state index in [1.807, 2.05) is 6.07 Å². The van der Waals surface area contributed by atoms with E-state index in [4.69, 9.17) is 4.74 Å². The number of nitro benzene ring substituents is 1. The SMILES string of the molecule is O=C(OCc1ccccc1[N+](=O)[O-])c1n[nH]c2ccccc12. The highest BCUT2D eigenvalue weighted by molar-refractivity contribution is 6.01. The smallest absolute Gasteiger partial charge is 0.359 e. The minimum Gasteiger partial charge on any atom is -0.456 e. The van der Waals surface area contributed by atoms with Crippen LogP contribution in [-0.4, -0.2) is 21.1 Å². The Morgan fingerprint density at radius 2 is 1.91 bits per heavy atom. The van der Waals surface area contributed by atoms with Gasteiger partial charge in [0.25, 0.3) is 5.69 Å². The summed E-state index contributed by atoms with van der Waals surface area (Å²) in [5, 5.41) is 18.2. The van der Waals surface area contributed by atoms with Gasteiger partial charge in [-0.1, -0.05) is 30.3 Å². The number of nitro groups is 1. The van der Waals surface area contributed by atoms with Crippen molar-refractivity contribution >= 4 is 22.6 Å². The molecule has 0 aliphatic heterocycles. The summed E-state index contributed by atoms with van der Waals surface area (Å²) in [6, 6.07) is 13.3. The van der Waals surface area contributed by atoms with Gasteiger partial charge in [-0.25, -0.2) is 4.79 Å². The molecule has 1 N–H and O–H groups in total. The van der Waals surface area contributed by atoms with Crippen LogP contribution in [0, 0.1) is 10.1 Å². The first-order chi connectivity index (χ1) is 10.7. The Hall–Kier alpha value is -3.22. The molecule has 0 saturated heterocycles. The summed E-state index contributed by atoms with van der Waals surface area (Å²) in [4.78, 5) is 22.5. The van der Waals surface area contributed by atoms with Crippen molar-refractivity contribution in [2.45, 2.75) is 6.61 Å². The molecule has 0 amide bonds. The highest BCUT2D eigenvalue weighted by atomic mass is 16.6. The fraction of sp³-hybridized carbons (Fsp3) is 0.0667. The number of fused-ring (bicyclic) bond motifs is 1. The molecule has 0 saturated carbocycles. The van der Waals surface area contributed by atoms with Crippen LogP contribution in [0.2, 0.25) is 0 Å². The lowest BCUT2D eigenvalue weighted by atomic mass is 10.2. The molecule has 0 radical (unpaired) electrons. The molecule has 1 aromatic heterocycles. The van der Waals surface area contributed by atoms with E-state index >= 15 is 0 Å². The van der Waals surface area contributed by atoms with E-state index in [1.54, 1.807) is 36.4 Å². The van der Waals surface area contributed by atoms with Crippen molar-refractivity contribution < 1.29 is 14.5 Å². The maximum absolute atomic E-state index is 12.1. The number of aromatic amines is 1. The van der Waals surface area contributed by atoms with Gasteiger partial charge >= 0.3 is 5.97 Å². The Labute approximate surface area is 124 Å². The fourth-order valence-electron chi connectivity index (χ4n) is 2.14. The molecule has 3 aromatic rings. The van der Waals surface area contributed by atoms with Crippen LogP contribution in [0.4, 0.5) is 5.69 Å². The molecule has 0 aliphatic carbocycles. The molecule has 22 heavy (non-hydrogen) atoms. The first-order valence-electron chi connectivity index (χ1n) is 6.49. The number of nitrogens with zero attached hydrogens (tertiary/aromatic N) is 2. The van der Waals surface area contributed by atoms with Crippen molar-refractivity contribution in [1.82, 2.24) is 10.2 Å². The number of nitrogens with one attached hydrogen (secondary N) is 1. The van der Waals surface area contributed by atoms with Crippen LogP contribution in [0.3, 0.4) is 0 Å². The van der Waals surface area contributed by atoms with Gasteiger partial charge in [-0.15, -0.1) is 0 Å². The summed E-state index contributed by atoms with van der Waals surface area (Å²) in [5.41, 5.74) is 1.14. The molecule has 0 aliphatic rings. The van der Waals surface area contributed by atoms with Crippen LogP contribution in [0.15, 0.2) is 48.5 Å². The van der Waals surface area contributed by atoms with Gasteiger partial charge in [0.1, 0.15) is 6.61 Å². The first kappa shape index (κ1) is 13.7. The zero-order valence-corrected chi connectivity index (χ0v) is 11.4. The Kier molecular flexibility index (Phi) is 3.53. The number of carbonyl (C=O) groups excluding carboxylic acids is 1. The second-order valence-corrected chi connectivity index (χ2v) is 4.58. The van der Waals surface area contributed by atoms with Crippen LogP contribution in [-0.2, 0) is 11.3 Å². The monoisotopic (exact) mass is 297 g/mol. The number of para-hydroxylation sites is 2. The van der Waals surface area contributed by atoms with Crippen molar-refractivity contribution in [1.29, 1.82) is 0 Å². The fourth-order valence-corrected chi connectivity index (χ4v) is 2.14. The van der Waals surface area contributed by atoms with Crippen molar-refractivity contribution in [2.24, 2.45) is 0 Å². The van der Waals surface area contributed by atoms with Gasteiger partial charge in [-0.05, 0) is 12.1 Å². The van der Waals surface area contributed by atoms with Gasteiger partial charge in [0.15, 0.2) is 5.69 Å². The number of ether oxygens (including phenoxy) is 1. The number of benzene rings is 2. The lowest BCUT2D eigenvalue weighted by Crippen LogP contribution is -2.07. The average Bonchev–Trinajstić information content (AvgIpc) is 2.97. The molecule has 7 heteroatoms. The van der Waals surface area contributed by atoms with E-state index in [0.717, 1.165) is 5.52 Å². The normalized spacial score (nSPS) is 10.5. The highest BCUT2D eigenvalue weighted by Gasteiger charge is 2.18. The Morgan fingerprint density at radius 1 is 1.18 bits per heavy atom. The lowest BCUT2D eigenvalue weighted by molar-refractivity contribution is -0.385. The summed E-state index contributed by atoms with van der Waals surface area (Å²) < 4.78 is 5.15. The van der Waals surface area contributed by atoms with Gasteiger partial charge in [0.05, 0.1) is 16.0 Å². The van der Waals surface area contributed by atoms with Gasteiger partial charge in [0.2, 0.25) is 0 Å². The van der Waals surface area contributed by atoms with Crippen molar-refractivity contribution in [3.05, 3.63) is 69.9 Å². The van der Waals surface area contributed by atoms with E-state index in [0.29, 0.717) is 10.9 Å². The largest absolute Gasteiger partial charge is 0.456 e. The number of carbonyl (C=O) groups is 1. The molecule has 0 spiro atoms. The molecule has 2 aromatic carbocycles. The second kappa shape index (κ2) is 5.65. The zero-order valence-electron chi connectivity index (χ0n) is 11.4. The maximum atomic E-state index is 12.1. The van der Waals surface area contributed by atoms with Crippen molar-refractivity contribution in [2.75, 3.05) is 0 Å². The molecule has 7 nitrogen and oxygen atoms in total. The highest BCUT2D eigenvalue weighted by Crippen LogP contribution is 2.20. The van der Waals surface area contributed by atoms with E-state index in [2.05, 4.69) is 10.2 Å². The first-order valence-corrected chi connectivity index (χ1v) is 6.49. The predicted octanol–water partition coefficient (Wildman–Crippen LogP) is 2.83. The molecule has 3 rings (SSSR count). The van der Waals surface area contributed by atoms with Crippen molar-refractivity contribution in [3.63, 3.8) is 0 Å². The molecule has 0 atom stereocenters. The number of hydrogen-bond acceptors (Lipinski definition) is 5. The van der Waals surface area contributed by atoms with E-state index in [1.165, 1.54) is 6.07 Å². The van der Waals surface area contributed by atoms with Crippen LogP contribution in [0.1, 0.15) is 16.1 Å².